The Kier molecular flexibility index (Phi) is 17.0. The van der Waals surface area contributed by atoms with E-state index in [0.717, 1.165) is 12.1 Å². The summed E-state index contributed by atoms with van der Waals surface area (Å²) in [4.78, 5) is 10.6. The number of hydrogen-bond donors (Lipinski definition) is 4. The van der Waals surface area contributed by atoms with E-state index in [1.54, 1.807) is 18.2 Å². The number of nitrogens with two attached hydrogens (primary N) is 1. The van der Waals surface area contributed by atoms with Crippen LogP contribution in [0.3, 0.4) is 0 Å². The van der Waals surface area contributed by atoms with Crippen molar-refractivity contribution >= 4 is 93.4 Å². The molecule has 0 unspecified atom stereocenters. The van der Waals surface area contributed by atoms with Crippen molar-refractivity contribution in [3.05, 3.63) is 119 Å². The number of allylic oxidation sites excluding steroid dienone is 1. The molecule has 25 heteroatoms. The molecule has 19 nitrogen and oxygen atoms in total. The number of anilines is 4. The van der Waals surface area contributed by atoms with Gasteiger partial charge in [-0.3, -0.25) is 10.2 Å². The minimum Gasteiger partial charge on any atom is -0.744 e. The molecule has 0 aliphatic heterocycles. The number of hydrazone groups is 1. The molecule has 0 heterocycles. The topological polar surface area (TPSA) is 321 Å². The number of nitrogens with zero attached hydrogens (tertiary/aromatic N) is 5. The number of carbonyl (C=O) groups excluding carboxylic acids is 1. The first kappa shape index (κ1) is 49.7. The SMILES string of the molecule is Nc1cc(O)ccc1N=Nc1ccc(Nc2ccc(N=Nc3cc4c(cc3S(=O)(=O)[O-])C=C(S(=O)(=O)[O-])/C(=N/Nc3ccccc3)C4=O)cc2S(=O)(=O)[O-])cc1.[Na+].[Na+].[Na+]. The van der Waals surface area contributed by atoms with Crippen molar-refractivity contribution in [1.82, 2.24) is 0 Å². The first-order valence-corrected chi connectivity index (χ1v) is 19.7. The molecule has 0 radical (unpaired) electrons. The van der Waals surface area contributed by atoms with Gasteiger partial charge in [0.1, 0.15) is 53.2 Å². The summed E-state index contributed by atoms with van der Waals surface area (Å²) in [5.74, 6) is -1.20. The summed E-state index contributed by atoms with van der Waals surface area (Å²) < 4.78 is 110. The normalized spacial score (nSPS) is 13.5. The van der Waals surface area contributed by atoms with Crippen molar-refractivity contribution in [1.29, 1.82) is 0 Å². The predicted octanol–water partition coefficient (Wildman–Crippen LogP) is -3.08. The van der Waals surface area contributed by atoms with Gasteiger partial charge in [0.05, 0.1) is 43.1 Å². The van der Waals surface area contributed by atoms with E-state index < -0.39 is 73.4 Å². The van der Waals surface area contributed by atoms with Crippen molar-refractivity contribution in [2.75, 3.05) is 16.5 Å². The maximum Gasteiger partial charge on any atom is 1.00 e. The fraction of sp³-hybridized carbons (Fsp3) is 0. The molecule has 1 aliphatic rings. The van der Waals surface area contributed by atoms with Gasteiger partial charge < -0.3 is 29.8 Å². The second kappa shape index (κ2) is 20.2. The molecular weight excluding hydrogens is 862 g/mol. The van der Waals surface area contributed by atoms with E-state index in [1.807, 2.05) is 0 Å². The molecule has 0 spiro atoms. The van der Waals surface area contributed by atoms with E-state index in [9.17, 15) is 48.8 Å². The fourth-order valence-electron chi connectivity index (χ4n) is 5.06. The van der Waals surface area contributed by atoms with E-state index in [0.29, 0.717) is 34.9 Å². The first-order valence-electron chi connectivity index (χ1n) is 15.5. The first-order chi connectivity index (χ1) is 26.4. The van der Waals surface area contributed by atoms with Crippen LogP contribution in [0.4, 0.5) is 45.5 Å². The molecule has 6 rings (SSSR count). The van der Waals surface area contributed by atoms with Gasteiger partial charge in [-0.05, 0) is 90.5 Å². The van der Waals surface area contributed by atoms with E-state index in [2.05, 4.69) is 36.3 Å². The molecule has 59 heavy (non-hydrogen) atoms. The van der Waals surface area contributed by atoms with E-state index in [1.165, 1.54) is 66.7 Å². The van der Waals surface area contributed by atoms with Crippen molar-refractivity contribution in [2.45, 2.75) is 9.79 Å². The summed E-state index contributed by atoms with van der Waals surface area (Å²) >= 11 is 0. The second-order valence-corrected chi connectivity index (χ2v) is 15.6. The monoisotopic (exact) mass is 884 g/mol. The Balaban J connectivity index is 0.00000310. The van der Waals surface area contributed by atoms with Crippen LogP contribution < -0.4 is 105 Å². The molecule has 0 amide bonds. The van der Waals surface area contributed by atoms with Crippen LogP contribution in [0.5, 0.6) is 5.75 Å². The molecule has 0 fully saturated rings. The molecule has 5 N–H and O–H groups in total. The standard InChI is InChI=1S/C34H26N8O11S3.3Na/c35-26-17-24(43)11-13-27(26)40-37-22-8-6-20(7-9-22)36-28-12-10-23(16-31(28)55(48,49)50)39-41-29-18-25-19(14-30(29)54(45,46)47)15-32(56(51,52)53)33(34(25)44)42-38-21-4-2-1-3-5-21;;;/h1-18,36,38,43H,35H2,(H,45,46,47)(H,48,49,50)(H,51,52,53);;;/q;3*+1/p-3/b40-37?,41-39?,42-33-;;;. The maximum atomic E-state index is 13.5. The number of aromatic hydroxyl groups is 1. The molecule has 0 aromatic heterocycles. The molecule has 1 aliphatic carbocycles. The van der Waals surface area contributed by atoms with Crippen molar-refractivity contribution < 1.29 is 137 Å². The smallest absolute Gasteiger partial charge is 0.744 e. The average Bonchev–Trinajstić information content (AvgIpc) is 3.13. The number of phenolic OH excluding ortho intramolecular Hbond substituents is 1. The maximum absolute atomic E-state index is 13.5. The zero-order valence-electron chi connectivity index (χ0n) is 31.0. The van der Waals surface area contributed by atoms with Crippen LogP contribution in [0, 0.1) is 0 Å². The van der Waals surface area contributed by atoms with Crippen LogP contribution in [0.1, 0.15) is 15.9 Å². The Hall–Kier alpha value is -3.69. The largest absolute Gasteiger partial charge is 1.00 e. The Labute approximate surface area is 403 Å². The number of benzene rings is 5. The summed E-state index contributed by atoms with van der Waals surface area (Å²) in [5.41, 5.74) is 6.90. The fourth-order valence-corrected chi connectivity index (χ4v) is 6.99. The van der Waals surface area contributed by atoms with Crippen molar-refractivity contribution in [3.8, 4) is 5.75 Å². The van der Waals surface area contributed by atoms with E-state index >= 15 is 0 Å². The summed E-state index contributed by atoms with van der Waals surface area (Å²) in [6.45, 7) is 0. The van der Waals surface area contributed by atoms with Crippen LogP contribution in [0.25, 0.3) is 6.08 Å². The quantitative estimate of drug-likeness (QED) is 0.0336. The van der Waals surface area contributed by atoms with Gasteiger partial charge in [-0.2, -0.15) is 15.3 Å². The molecule has 286 valence electrons. The van der Waals surface area contributed by atoms with Crippen LogP contribution in [-0.4, -0.2) is 55.5 Å². The summed E-state index contributed by atoms with van der Waals surface area (Å²) in [7, 11) is -15.9. The molecule has 5 aromatic carbocycles. The van der Waals surface area contributed by atoms with Gasteiger partial charge in [0.25, 0.3) is 0 Å². The number of azo groups is 2. The minimum atomic E-state index is -5.40. The van der Waals surface area contributed by atoms with Crippen LogP contribution in [0.15, 0.2) is 143 Å². The molecule has 0 saturated carbocycles. The van der Waals surface area contributed by atoms with Gasteiger partial charge in [0.2, 0.25) is 5.78 Å². The third-order valence-corrected chi connectivity index (χ3v) is 10.3. The molecular formula is C34H23N8Na3O11S3. The summed E-state index contributed by atoms with van der Waals surface area (Å²) in [6, 6.07) is 22.8. The average molecular weight is 885 g/mol. The zero-order valence-corrected chi connectivity index (χ0v) is 39.4. The van der Waals surface area contributed by atoms with Crippen molar-refractivity contribution in [2.24, 2.45) is 25.6 Å². The summed E-state index contributed by atoms with van der Waals surface area (Å²) in [5, 5.41) is 31.7. The number of fused-ring (bicyclic) bond motifs is 1. The van der Waals surface area contributed by atoms with Crippen LogP contribution in [0.2, 0.25) is 0 Å². The molecule has 5 aromatic rings. The van der Waals surface area contributed by atoms with E-state index in [4.69, 9.17) is 5.73 Å². The third-order valence-electron chi connectivity index (χ3n) is 7.66. The van der Waals surface area contributed by atoms with Gasteiger partial charge in [-0.15, -0.1) is 10.2 Å². The number of nitrogens with one attached hydrogen (secondary N) is 2. The second-order valence-electron chi connectivity index (χ2n) is 11.5. The number of para-hydroxylation sites is 1. The van der Waals surface area contributed by atoms with Gasteiger partial charge in [0.15, 0.2) is 0 Å². The van der Waals surface area contributed by atoms with Gasteiger partial charge in [-0.25, -0.2) is 25.3 Å². The number of ketones is 1. The Bertz CT molecular complexity index is 2880. The Morgan fingerprint density at radius 2 is 1.22 bits per heavy atom. The number of nitrogen functional groups attached to an aromatic ring is 1. The summed E-state index contributed by atoms with van der Waals surface area (Å²) in [6.07, 6.45) is 0.684. The van der Waals surface area contributed by atoms with Gasteiger partial charge in [-0.1, -0.05) is 18.2 Å². The number of rotatable bonds is 11. The predicted molar refractivity (Wildman–Crippen MR) is 199 cm³/mol. The van der Waals surface area contributed by atoms with Crippen molar-refractivity contribution in [3.63, 3.8) is 0 Å². The number of Topliss-reactive ketones (excluding diaryl/α,β-unsaturated/α-hetero) is 1. The molecule has 0 bridgehead atoms. The van der Waals surface area contributed by atoms with Gasteiger partial charge >= 0.3 is 88.7 Å². The Morgan fingerprint density at radius 3 is 1.83 bits per heavy atom. The number of phenols is 1. The third kappa shape index (κ3) is 12.4. The Morgan fingerprint density at radius 1 is 0.610 bits per heavy atom. The number of hydrogen-bond acceptors (Lipinski definition) is 19. The number of carbonyl (C=O) groups is 1. The molecule has 0 atom stereocenters. The van der Waals surface area contributed by atoms with Crippen LogP contribution >= 0.6 is 0 Å². The van der Waals surface area contributed by atoms with Crippen LogP contribution in [-0.2, 0) is 30.4 Å². The van der Waals surface area contributed by atoms with E-state index in [-0.39, 0.29) is 111 Å². The minimum absolute atomic E-state index is 0. The van der Waals surface area contributed by atoms with Gasteiger partial charge in [0, 0.05) is 17.3 Å². The molecule has 0 saturated heterocycles. The zero-order chi connectivity index (χ0) is 40.4.